The van der Waals surface area contributed by atoms with E-state index in [1.807, 2.05) is 18.4 Å². The number of thioether (sulfide) groups is 1. The van der Waals surface area contributed by atoms with Crippen LogP contribution in [0.15, 0.2) is 47.6 Å². The van der Waals surface area contributed by atoms with E-state index in [0.717, 1.165) is 6.42 Å². The standard InChI is InChI=1S/C25H27Cl2N5O4S/c1-4-11-36-24(35)17-7-6-8-18(12-17)29-21(33)14-37-25-31-30-22(32(25)5-2)15(3)28-23(34)16-9-10-19(26)20(27)13-16/h6-10,12-13,15H,4-5,11,14H2,1-3H3,(H,28,34)(H,29,33)/t15-/m0/s1. The van der Waals surface area contributed by atoms with Crippen LogP contribution in [0.5, 0.6) is 0 Å². The number of carbonyl (C=O) groups excluding carboxylic acids is 3. The summed E-state index contributed by atoms with van der Waals surface area (Å²) in [5, 5.41) is 15.3. The summed E-state index contributed by atoms with van der Waals surface area (Å²) in [4.78, 5) is 37.3. The maximum atomic E-state index is 12.6. The zero-order chi connectivity index (χ0) is 26.9. The Hall–Kier alpha value is -3.08. The summed E-state index contributed by atoms with van der Waals surface area (Å²) in [7, 11) is 0. The summed E-state index contributed by atoms with van der Waals surface area (Å²) >= 11 is 13.2. The van der Waals surface area contributed by atoms with Crippen molar-refractivity contribution < 1.29 is 19.1 Å². The first-order valence-corrected chi connectivity index (χ1v) is 13.4. The number of nitrogens with zero attached hydrogens (tertiary/aromatic N) is 3. The average molecular weight is 564 g/mol. The van der Waals surface area contributed by atoms with Crippen molar-refractivity contribution in [1.29, 1.82) is 0 Å². The van der Waals surface area contributed by atoms with E-state index in [1.54, 1.807) is 43.3 Å². The lowest BCUT2D eigenvalue weighted by molar-refractivity contribution is -0.113. The fraction of sp³-hybridized carbons (Fsp3) is 0.320. The third kappa shape index (κ3) is 7.70. The van der Waals surface area contributed by atoms with E-state index < -0.39 is 12.0 Å². The number of benzene rings is 2. The lowest BCUT2D eigenvalue weighted by Crippen LogP contribution is -2.28. The van der Waals surface area contributed by atoms with Gasteiger partial charge in [0.2, 0.25) is 5.91 Å². The Balaban J connectivity index is 1.60. The van der Waals surface area contributed by atoms with Crippen molar-refractivity contribution in [3.63, 3.8) is 0 Å². The third-order valence-corrected chi connectivity index (χ3v) is 6.84. The molecule has 37 heavy (non-hydrogen) atoms. The molecule has 0 bridgehead atoms. The Morgan fingerprint density at radius 3 is 2.54 bits per heavy atom. The van der Waals surface area contributed by atoms with Crippen molar-refractivity contribution in [2.75, 3.05) is 17.7 Å². The zero-order valence-corrected chi connectivity index (χ0v) is 22.9. The first-order chi connectivity index (χ1) is 17.7. The van der Waals surface area contributed by atoms with E-state index in [2.05, 4.69) is 20.8 Å². The zero-order valence-electron chi connectivity index (χ0n) is 20.6. The molecule has 0 spiro atoms. The van der Waals surface area contributed by atoms with Crippen LogP contribution in [-0.4, -0.2) is 44.9 Å². The van der Waals surface area contributed by atoms with Gasteiger partial charge in [-0.3, -0.25) is 9.59 Å². The van der Waals surface area contributed by atoms with Crippen molar-refractivity contribution in [2.24, 2.45) is 0 Å². The van der Waals surface area contributed by atoms with Crippen molar-refractivity contribution in [3.05, 3.63) is 69.5 Å². The van der Waals surface area contributed by atoms with Crippen molar-refractivity contribution >= 4 is 58.4 Å². The summed E-state index contributed by atoms with van der Waals surface area (Å²) < 4.78 is 6.97. The van der Waals surface area contributed by atoms with Gasteiger partial charge in [-0.1, -0.05) is 48.0 Å². The molecular formula is C25H27Cl2N5O4S. The van der Waals surface area contributed by atoms with Crippen LogP contribution in [0.4, 0.5) is 5.69 Å². The van der Waals surface area contributed by atoms with E-state index in [1.165, 1.54) is 17.8 Å². The van der Waals surface area contributed by atoms with Crippen LogP contribution in [0.1, 0.15) is 59.8 Å². The number of amides is 2. The first kappa shape index (κ1) is 28.5. The molecule has 0 fully saturated rings. The lowest BCUT2D eigenvalue weighted by Gasteiger charge is -2.15. The highest BCUT2D eigenvalue weighted by molar-refractivity contribution is 7.99. The number of nitrogens with one attached hydrogen (secondary N) is 2. The molecule has 0 aliphatic carbocycles. The van der Waals surface area contributed by atoms with E-state index >= 15 is 0 Å². The normalized spacial score (nSPS) is 11.6. The van der Waals surface area contributed by atoms with Crippen LogP contribution in [0, 0.1) is 0 Å². The average Bonchev–Trinajstić information content (AvgIpc) is 3.30. The highest BCUT2D eigenvalue weighted by Crippen LogP contribution is 2.24. The molecule has 0 aliphatic heterocycles. The van der Waals surface area contributed by atoms with Crippen LogP contribution >= 0.6 is 35.0 Å². The Morgan fingerprint density at radius 2 is 1.84 bits per heavy atom. The van der Waals surface area contributed by atoms with Gasteiger partial charge in [0.1, 0.15) is 0 Å². The maximum absolute atomic E-state index is 12.6. The van der Waals surface area contributed by atoms with Crippen LogP contribution in [0.25, 0.3) is 0 Å². The van der Waals surface area contributed by atoms with Crippen LogP contribution < -0.4 is 10.6 Å². The van der Waals surface area contributed by atoms with Gasteiger partial charge in [0.25, 0.3) is 5.91 Å². The second-order valence-corrected chi connectivity index (χ2v) is 9.72. The summed E-state index contributed by atoms with van der Waals surface area (Å²) in [5.41, 5.74) is 1.23. The Morgan fingerprint density at radius 1 is 1.05 bits per heavy atom. The molecule has 3 rings (SSSR count). The summed E-state index contributed by atoms with van der Waals surface area (Å²) in [6.45, 7) is 6.52. The van der Waals surface area contributed by atoms with Crippen LogP contribution in [-0.2, 0) is 16.1 Å². The molecular weight excluding hydrogens is 537 g/mol. The van der Waals surface area contributed by atoms with Gasteiger partial charge in [-0.15, -0.1) is 10.2 Å². The van der Waals surface area contributed by atoms with Crippen LogP contribution in [0.3, 0.4) is 0 Å². The number of rotatable bonds is 11. The molecule has 9 nitrogen and oxygen atoms in total. The van der Waals surface area contributed by atoms with Gasteiger partial charge in [-0.2, -0.15) is 0 Å². The molecule has 3 aromatic rings. The van der Waals surface area contributed by atoms with Crippen molar-refractivity contribution in [1.82, 2.24) is 20.1 Å². The molecule has 2 amide bonds. The topological polar surface area (TPSA) is 115 Å². The predicted molar refractivity (Wildman–Crippen MR) is 144 cm³/mol. The second-order valence-electron chi connectivity index (χ2n) is 7.96. The SMILES string of the molecule is CCCOC(=O)c1cccc(NC(=O)CSc2nnc([C@H](C)NC(=O)c3ccc(Cl)c(Cl)c3)n2CC)c1. The number of hydrogen-bond acceptors (Lipinski definition) is 7. The molecule has 1 aromatic heterocycles. The Kier molecular flexibility index (Phi) is 10.4. The van der Waals surface area contributed by atoms with Gasteiger partial charge in [0.15, 0.2) is 11.0 Å². The van der Waals surface area contributed by atoms with E-state index in [0.29, 0.717) is 51.0 Å². The van der Waals surface area contributed by atoms with Gasteiger partial charge >= 0.3 is 5.97 Å². The highest BCUT2D eigenvalue weighted by Gasteiger charge is 2.21. The summed E-state index contributed by atoms with van der Waals surface area (Å²) in [5.74, 6) is -0.399. The largest absolute Gasteiger partial charge is 0.462 e. The van der Waals surface area contributed by atoms with E-state index in [4.69, 9.17) is 27.9 Å². The third-order valence-electron chi connectivity index (χ3n) is 5.13. The van der Waals surface area contributed by atoms with Crippen LogP contribution in [0.2, 0.25) is 10.0 Å². The fourth-order valence-corrected chi connectivity index (χ4v) is 4.44. The van der Waals surface area contributed by atoms with E-state index in [9.17, 15) is 14.4 Å². The Labute approximate surface area is 229 Å². The quantitative estimate of drug-likeness (QED) is 0.237. The summed E-state index contributed by atoms with van der Waals surface area (Å²) in [6, 6.07) is 10.8. The Bertz CT molecular complexity index is 1280. The monoisotopic (exact) mass is 563 g/mol. The van der Waals surface area contributed by atoms with Gasteiger partial charge in [0.05, 0.1) is 34.0 Å². The molecule has 0 saturated carbocycles. The molecule has 0 saturated heterocycles. The molecule has 2 N–H and O–H groups in total. The minimum atomic E-state index is -0.451. The molecule has 0 radical (unpaired) electrons. The van der Waals surface area contributed by atoms with Gasteiger partial charge in [-0.05, 0) is 56.7 Å². The number of aromatic nitrogens is 3. The highest BCUT2D eigenvalue weighted by atomic mass is 35.5. The number of esters is 1. The molecule has 12 heteroatoms. The molecule has 1 atom stereocenters. The fourth-order valence-electron chi connectivity index (χ4n) is 3.34. The van der Waals surface area contributed by atoms with Gasteiger partial charge in [0, 0.05) is 17.8 Å². The smallest absolute Gasteiger partial charge is 0.338 e. The van der Waals surface area contributed by atoms with Crippen molar-refractivity contribution in [2.45, 2.75) is 44.9 Å². The molecule has 0 unspecified atom stereocenters. The minimum absolute atomic E-state index is 0.0760. The molecule has 196 valence electrons. The summed E-state index contributed by atoms with van der Waals surface area (Å²) in [6.07, 6.45) is 0.728. The molecule has 1 heterocycles. The first-order valence-electron chi connectivity index (χ1n) is 11.6. The number of hydrogen-bond donors (Lipinski definition) is 2. The number of ether oxygens (including phenoxy) is 1. The van der Waals surface area contributed by atoms with Gasteiger partial charge in [-0.25, -0.2) is 4.79 Å². The molecule has 2 aromatic carbocycles. The van der Waals surface area contributed by atoms with Crippen molar-refractivity contribution in [3.8, 4) is 0 Å². The number of anilines is 1. The lowest BCUT2D eigenvalue weighted by atomic mass is 10.2. The minimum Gasteiger partial charge on any atom is -0.462 e. The molecule has 0 aliphatic rings. The predicted octanol–water partition coefficient (Wildman–Crippen LogP) is 5.39. The number of carbonyl (C=O) groups is 3. The van der Waals surface area contributed by atoms with Gasteiger partial charge < -0.3 is 19.9 Å². The number of halogens is 2. The maximum Gasteiger partial charge on any atom is 0.338 e. The second kappa shape index (κ2) is 13.5. The van der Waals surface area contributed by atoms with E-state index in [-0.39, 0.29) is 17.6 Å².